The first-order valence-electron chi connectivity index (χ1n) is 26.6. The third kappa shape index (κ3) is 19.1. The molecule has 0 aliphatic carbocycles. The van der Waals surface area contributed by atoms with Gasteiger partial charge in [0.15, 0.2) is 17.6 Å². The van der Waals surface area contributed by atoms with Gasteiger partial charge in [0.05, 0.1) is 69.5 Å². The number of thiazole rings is 1. The van der Waals surface area contributed by atoms with Gasteiger partial charge in [-0.3, -0.25) is 67.4 Å². The van der Waals surface area contributed by atoms with Gasteiger partial charge in [0.1, 0.15) is 10.7 Å². The molecule has 0 bridgehead atoms. The van der Waals surface area contributed by atoms with Gasteiger partial charge in [-0.25, -0.2) is 4.98 Å². The molecule has 23 nitrogen and oxygen atoms in total. The first-order valence-corrected chi connectivity index (χ1v) is 27.5. The number of benzene rings is 1. The number of nitrogens with zero attached hydrogens (tertiary/aromatic N) is 5. The number of ether oxygens (including phenoxy) is 4. The molecule has 80 heavy (non-hydrogen) atoms. The van der Waals surface area contributed by atoms with Gasteiger partial charge in [0.25, 0.3) is 29.5 Å². The molecule has 24 heteroatoms. The number of carbonyl (C=O) groups is 11. The molecule has 0 fully saturated rings. The summed E-state index contributed by atoms with van der Waals surface area (Å²) in [5.74, 6) is -7.83. The number of hydrogen-bond acceptors (Lipinski definition) is 18. The quantitative estimate of drug-likeness (QED) is 0.0375. The summed E-state index contributed by atoms with van der Waals surface area (Å²) in [7, 11) is 5.31. The Bertz CT molecular complexity index is 2630. The summed E-state index contributed by atoms with van der Waals surface area (Å²) in [6.07, 6.45) is 3.91. The first kappa shape index (κ1) is 65.5. The normalized spacial score (nSPS) is 15.7. The Hall–Kier alpha value is -7.02. The zero-order valence-corrected chi connectivity index (χ0v) is 48.4. The van der Waals surface area contributed by atoms with Crippen molar-refractivity contribution >= 4 is 82.1 Å². The van der Waals surface area contributed by atoms with Crippen LogP contribution in [0.4, 0.5) is 5.69 Å². The molecular weight excluding hydrogens is 1060 g/mol. The van der Waals surface area contributed by atoms with Crippen molar-refractivity contribution in [2.75, 3.05) is 66.0 Å². The van der Waals surface area contributed by atoms with E-state index in [2.05, 4.69) is 15.6 Å². The van der Waals surface area contributed by atoms with Crippen molar-refractivity contribution in [3.8, 4) is 5.75 Å². The zero-order chi connectivity index (χ0) is 59.6. The lowest BCUT2D eigenvalue weighted by atomic mass is 9.81. The van der Waals surface area contributed by atoms with E-state index in [0.717, 1.165) is 45.4 Å². The molecule has 438 valence electrons. The number of aromatic nitrogens is 1. The van der Waals surface area contributed by atoms with Crippen molar-refractivity contribution in [1.29, 1.82) is 0 Å². The molecule has 2 aliphatic rings. The number of nitrogens with one attached hydrogen (secondary N) is 2. The minimum Gasteiger partial charge on any atom is -0.481 e. The Balaban J connectivity index is 1.54. The van der Waals surface area contributed by atoms with Crippen LogP contribution in [0.15, 0.2) is 47.9 Å². The van der Waals surface area contributed by atoms with E-state index < -0.39 is 88.9 Å². The van der Waals surface area contributed by atoms with Gasteiger partial charge < -0.3 is 39.6 Å². The molecule has 0 saturated heterocycles. The second kappa shape index (κ2) is 30.5. The Kier molecular flexibility index (Phi) is 25.0. The topological polar surface area (TPSA) is 295 Å². The molecule has 3 N–H and O–H groups in total. The summed E-state index contributed by atoms with van der Waals surface area (Å²) < 4.78 is 22.4. The van der Waals surface area contributed by atoms with E-state index in [9.17, 15) is 57.8 Å². The molecular formula is C56H77N7O16S. The molecule has 0 radical (unpaired) electrons. The average molecular weight is 1140 g/mol. The molecule has 3 heterocycles. The average Bonchev–Trinajstić information content (AvgIpc) is 4.15. The van der Waals surface area contributed by atoms with Crippen molar-refractivity contribution in [2.45, 2.75) is 124 Å². The van der Waals surface area contributed by atoms with E-state index in [1.165, 1.54) is 31.4 Å². The summed E-state index contributed by atoms with van der Waals surface area (Å²) in [5.41, 5.74) is -0.335. The fourth-order valence-electron chi connectivity index (χ4n) is 8.66. The standard InChI is InChI=1S/C56H77N7O16S/c1-12-34(4)39(30-45(65)56(7,8)60(9)10)54(73)61(11)42(33(2)3)31-44(78-36(6)64)53-59-41(32-80-53)52(72)57-38(27-35(5)55(74)75)28-37-13-14-43(79-51(71)20-24-77-26-22-63-49(69)17-18-50(63)70)40(29-37)58-46(66)19-23-76-25-21-62-47(67)15-16-48(62)68/h13-18,29,32-35,38-39,42,44H,12,19-28,30-31H2,1-11H3,(H,57,72)(H,58,66)(H,74,75)/t34-,35?,38+,39-,42+,44+/m0/s1. The number of imide groups is 2. The highest BCUT2D eigenvalue weighted by Crippen LogP contribution is 2.34. The van der Waals surface area contributed by atoms with Crippen LogP contribution in [-0.2, 0) is 68.6 Å². The van der Waals surface area contributed by atoms with Crippen molar-refractivity contribution < 1.29 is 76.8 Å². The number of hydrogen-bond donors (Lipinski definition) is 3. The Morgan fingerprint density at radius 1 is 0.812 bits per heavy atom. The van der Waals surface area contributed by atoms with Gasteiger partial charge in [0, 0.05) is 74.5 Å². The van der Waals surface area contributed by atoms with Crippen LogP contribution in [0.5, 0.6) is 5.75 Å². The van der Waals surface area contributed by atoms with Gasteiger partial charge in [-0.2, -0.15) is 0 Å². The maximum absolute atomic E-state index is 14.4. The number of carbonyl (C=O) groups excluding carboxylic acids is 10. The number of ketones is 1. The maximum atomic E-state index is 14.4. The van der Waals surface area contributed by atoms with E-state index >= 15 is 0 Å². The number of esters is 2. The molecule has 1 unspecified atom stereocenters. The van der Waals surface area contributed by atoms with Crippen LogP contribution in [-0.4, -0.2) is 173 Å². The van der Waals surface area contributed by atoms with E-state index in [0.29, 0.717) is 12.0 Å². The third-order valence-corrected chi connectivity index (χ3v) is 15.3. The van der Waals surface area contributed by atoms with Crippen LogP contribution in [0.2, 0.25) is 0 Å². The highest BCUT2D eigenvalue weighted by molar-refractivity contribution is 7.09. The zero-order valence-electron chi connectivity index (χ0n) is 47.6. The van der Waals surface area contributed by atoms with Gasteiger partial charge in [-0.05, 0) is 70.3 Å². The highest BCUT2D eigenvalue weighted by atomic mass is 32.1. The van der Waals surface area contributed by atoms with E-state index in [4.69, 9.17) is 18.9 Å². The molecule has 1 aromatic carbocycles. The number of likely N-dealkylation sites (N-methyl/N-ethyl adjacent to an activating group) is 1. The van der Waals surface area contributed by atoms with Crippen LogP contribution >= 0.6 is 11.3 Å². The number of carboxylic acid groups (broad SMARTS) is 1. The Labute approximate surface area is 470 Å². The summed E-state index contributed by atoms with van der Waals surface area (Å²) in [6, 6.07) is 3.15. The smallest absolute Gasteiger partial charge is 0.313 e. The van der Waals surface area contributed by atoms with Gasteiger partial charge >= 0.3 is 17.9 Å². The molecule has 1 aromatic heterocycles. The first-order chi connectivity index (χ1) is 37.6. The Morgan fingerprint density at radius 3 is 1.91 bits per heavy atom. The summed E-state index contributed by atoms with van der Waals surface area (Å²) in [5, 5.41) is 17.3. The fraction of sp³-hybridized carbons (Fsp3) is 0.571. The number of rotatable bonds is 34. The number of anilines is 1. The summed E-state index contributed by atoms with van der Waals surface area (Å²) >= 11 is 1.07. The molecule has 6 atom stereocenters. The van der Waals surface area contributed by atoms with Crippen LogP contribution in [0.25, 0.3) is 0 Å². The largest absolute Gasteiger partial charge is 0.481 e. The highest BCUT2D eigenvalue weighted by Gasteiger charge is 2.39. The lowest BCUT2D eigenvalue weighted by molar-refractivity contribution is -0.150. The lowest BCUT2D eigenvalue weighted by Gasteiger charge is -2.38. The summed E-state index contributed by atoms with van der Waals surface area (Å²) in [4.78, 5) is 151. The van der Waals surface area contributed by atoms with Gasteiger partial charge in [-0.15, -0.1) is 11.3 Å². The molecule has 0 spiro atoms. The minimum absolute atomic E-state index is 0.0110. The van der Waals surface area contributed by atoms with E-state index in [1.807, 2.05) is 60.5 Å². The number of carboxylic acids is 1. The van der Waals surface area contributed by atoms with Crippen molar-refractivity contribution in [3.63, 3.8) is 0 Å². The monoisotopic (exact) mass is 1140 g/mol. The van der Waals surface area contributed by atoms with Gasteiger partial charge in [-0.1, -0.05) is 47.1 Å². The van der Waals surface area contributed by atoms with E-state index in [1.54, 1.807) is 18.0 Å². The molecule has 0 saturated carbocycles. The molecule has 7 amide bonds. The predicted octanol–water partition coefficient (Wildman–Crippen LogP) is 4.54. The van der Waals surface area contributed by atoms with Crippen LogP contribution in [0, 0.1) is 23.7 Å². The summed E-state index contributed by atoms with van der Waals surface area (Å²) in [6.45, 7) is 13.8. The van der Waals surface area contributed by atoms with Crippen molar-refractivity contribution in [1.82, 2.24) is 29.9 Å². The van der Waals surface area contributed by atoms with Crippen LogP contribution in [0.1, 0.15) is 121 Å². The third-order valence-electron chi connectivity index (χ3n) is 14.3. The second-order valence-electron chi connectivity index (χ2n) is 21.0. The second-order valence-corrected chi connectivity index (χ2v) is 21.9. The SMILES string of the molecule is CC[C@H](C)[C@H](CC(=O)C(C)(C)N(C)C)C(=O)N(C)[C@H](C[C@@H](OC(C)=O)c1nc(C(=O)N[C@@H](Cc2ccc(OC(=O)CCOCCN3C(=O)C=CC3=O)c(NC(=O)CCOCCN3C(=O)C=CC3=O)c2)CC(C)C(=O)O)cs1)C(C)C. The fourth-order valence-corrected chi connectivity index (χ4v) is 9.50. The van der Waals surface area contributed by atoms with Crippen LogP contribution in [0.3, 0.4) is 0 Å². The molecule has 2 aliphatic heterocycles. The Morgan fingerprint density at radius 2 is 1.39 bits per heavy atom. The number of aliphatic carboxylic acids is 1. The van der Waals surface area contributed by atoms with Crippen molar-refractivity contribution in [3.05, 3.63) is 64.1 Å². The predicted molar refractivity (Wildman–Crippen MR) is 293 cm³/mol. The molecule has 4 rings (SSSR count). The number of amides is 7. The van der Waals surface area contributed by atoms with Crippen LogP contribution < -0.4 is 15.4 Å². The van der Waals surface area contributed by atoms with Crippen molar-refractivity contribution in [2.24, 2.45) is 23.7 Å². The van der Waals surface area contributed by atoms with E-state index in [-0.39, 0.29) is 124 Å². The van der Waals surface area contributed by atoms with Gasteiger partial charge in [0.2, 0.25) is 11.8 Å². The minimum atomic E-state index is -1.13. The lowest BCUT2D eigenvalue weighted by Crippen LogP contribution is -2.50. The maximum Gasteiger partial charge on any atom is 0.313 e. The molecule has 2 aromatic rings. The number of Topliss-reactive ketones (excluding diaryl/α,β-unsaturated/α-hetero) is 1.